The molecule has 2 N–H and O–H groups in total. The number of rotatable bonds is 4. The van der Waals surface area contributed by atoms with E-state index in [4.69, 9.17) is 5.11 Å². The number of aliphatic carboxylic acids is 1. The Kier molecular flexibility index (Phi) is 5.54. The third kappa shape index (κ3) is 3.79. The summed E-state index contributed by atoms with van der Waals surface area (Å²) in [4.78, 5) is 27.1. The molecule has 114 valence electrons. The van der Waals surface area contributed by atoms with Gasteiger partial charge in [0, 0.05) is 24.9 Å². The lowest BCUT2D eigenvalue weighted by Crippen LogP contribution is -2.52. The van der Waals surface area contributed by atoms with E-state index in [1.807, 2.05) is 0 Å². The second-order valence-electron chi connectivity index (χ2n) is 5.39. The van der Waals surface area contributed by atoms with Gasteiger partial charge in [0.05, 0.1) is 5.88 Å². The van der Waals surface area contributed by atoms with E-state index >= 15 is 0 Å². The van der Waals surface area contributed by atoms with Gasteiger partial charge in [0.15, 0.2) is 0 Å². The lowest BCUT2D eigenvalue weighted by atomic mass is 10.1. The van der Waals surface area contributed by atoms with Crippen LogP contribution < -0.4 is 5.32 Å². The Morgan fingerprint density at radius 1 is 1.35 bits per heavy atom. The van der Waals surface area contributed by atoms with Crippen molar-refractivity contribution in [2.75, 3.05) is 31.3 Å². The van der Waals surface area contributed by atoms with E-state index in [-0.39, 0.29) is 12.1 Å². The molecule has 0 aromatic carbocycles. The summed E-state index contributed by atoms with van der Waals surface area (Å²) < 4.78 is 0. The summed E-state index contributed by atoms with van der Waals surface area (Å²) in [6.45, 7) is 5.31. The molecule has 0 aromatic rings. The van der Waals surface area contributed by atoms with Crippen molar-refractivity contribution in [1.29, 1.82) is 0 Å². The van der Waals surface area contributed by atoms with Crippen LogP contribution in [0, 0.1) is 0 Å². The molecule has 0 spiro atoms. The highest BCUT2D eigenvalue weighted by Crippen LogP contribution is 2.21. The molecule has 0 radical (unpaired) electrons. The van der Waals surface area contributed by atoms with E-state index in [1.165, 1.54) is 16.7 Å². The highest BCUT2D eigenvalue weighted by molar-refractivity contribution is 7.99. The average molecular weight is 301 g/mol. The molecule has 2 fully saturated rings. The van der Waals surface area contributed by atoms with E-state index in [0.29, 0.717) is 11.6 Å². The second-order valence-corrected chi connectivity index (χ2v) is 6.39. The molecule has 2 aliphatic heterocycles. The maximum absolute atomic E-state index is 12.2. The number of amides is 2. The Morgan fingerprint density at radius 3 is 2.65 bits per heavy atom. The molecule has 0 aromatic heterocycles. The summed E-state index contributed by atoms with van der Waals surface area (Å²) >= 11 is 1.49. The molecular formula is C13H23N3O3S. The summed E-state index contributed by atoms with van der Waals surface area (Å²) in [5.41, 5.74) is 0. The number of carboxylic acids is 1. The first-order valence-corrected chi connectivity index (χ1v) is 8.37. The zero-order valence-corrected chi connectivity index (χ0v) is 12.7. The Hall–Kier alpha value is -0.950. The van der Waals surface area contributed by atoms with Gasteiger partial charge >= 0.3 is 12.0 Å². The number of likely N-dealkylation sites (tertiary alicyclic amines) is 1. The monoisotopic (exact) mass is 301 g/mol. The molecule has 0 bridgehead atoms. The third-order valence-corrected chi connectivity index (χ3v) is 4.90. The number of piperidine rings is 1. The van der Waals surface area contributed by atoms with E-state index in [9.17, 15) is 9.59 Å². The van der Waals surface area contributed by atoms with Crippen molar-refractivity contribution in [3.63, 3.8) is 0 Å². The zero-order chi connectivity index (χ0) is 14.5. The van der Waals surface area contributed by atoms with Crippen LogP contribution in [0.3, 0.4) is 0 Å². The van der Waals surface area contributed by atoms with Crippen molar-refractivity contribution in [3.8, 4) is 0 Å². The second kappa shape index (κ2) is 7.17. The fraction of sp³-hybridized carbons (Fsp3) is 0.846. The van der Waals surface area contributed by atoms with Crippen LogP contribution in [0.2, 0.25) is 0 Å². The van der Waals surface area contributed by atoms with Crippen LogP contribution in [-0.4, -0.2) is 70.3 Å². The minimum Gasteiger partial charge on any atom is -0.480 e. The molecule has 6 nitrogen and oxygen atoms in total. The van der Waals surface area contributed by atoms with E-state index in [0.717, 1.165) is 38.9 Å². The number of urea groups is 1. The fourth-order valence-electron chi connectivity index (χ4n) is 2.72. The maximum atomic E-state index is 12.2. The van der Waals surface area contributed by atoms with Gasteiger partial charge in [-0.2, -0.15) is 0 Å². The molecule has 0 saturated carbocycles. The Balaban J connectivity index is 1.79. The van der Waals surface area contributed by atoms with Crippen LogP contribution in [0.5, 0.6) is 0 Å². The van der Waals surface area contributed by atoms with E-state index < -0.39 is 12.0 Å². The summed E-state index contributed by atoms with van der Waals surface area (Å²) in [6, 6.07) is -0.729. The van der Waals surface area contributed by atoms with Gasteiger partial charge in [-0.15, -0.1) is 11.8 Å². The number of nitrogens with one attached hydrogen (secondary N) is 1. The normalized spacial score (nSPS) is 24.9. The largest absolute Gasteiger partial charge is 0.480 e. The highest BCUT2D eigenvalue weighted by atomic mass is 32.2. The SMILES string of the molecule is CCCN1CCC(NC(=O)N2CSC[C@H]2C(=O)O)CC1. The fourth-order valence-corrected chi connectivity index (χ4v) is 3.87. The Bertz CT molecular complexity index is 359. The summed E-state index contributed by atoms with van der Waals surface area (Å²) in [5, 5.41) is 12.1. The van der Waals surface area contributed by atoms with Gasteiger partial charge in [0.1, 0.15) is 6.04 Å². The predicted molar refractivity (Wildman–Crippen MR) is 78.9 cm³/mol. The summed E-state index contributed by atoms with van der Waals surface area (Å²) in [7, 11) is 0. The number of nitrogens with zero attached hydrogens (tertiary/aromatic N) is 2. The quantitative estimate of drug-likeness (QED) is 0.811. The van der Waals surface area contributed by atoms with E-state index in [1.54, 1.807) is 0 Å². The molecule has 20 heavy (non-hydrogen) atoms. The number of carbonyl (C=O) groups is 2. The Morgan fingerprint density at radius 2 is 2.05 bits per heavy atom. The van der Waals surface area contributed by atoms with Crippen LogP contribution in [0.15, 0.2) is 0 Å². The summed E-state index contributed by atoms with van der Waals surface area (Å²) in [5.74, 6) is 0.0396. The molecule has 0 aliphatic carbocycles. The van der Waals surface area contributed by atoms with Crippen LogP contribution in [0.1, 0.15) is 26.2 Å². The van der Waals surface area contributed by atoms with Crippen LogP contribution in [-0.2, 0) is 4.79 Å². The standard InChI is InChI=1S/C13H23N3O3S/c1-2-5-15-6-3-10(4-7-15)14-13(19)16-9-20-8-11(16)12(17)18/h10-11H,2-9H2,1H3,(H,14,19)(H,17,18)/t11-/m0/s1. The van der Waals surface area contributed by atoms with Crippen molar-refractivity contribution in [2.24, 2.45) is 0 Å². The minimum atomic E-state index is -0.914. The predicted octanol–water partition coefficient (Wildman–Crippen LogP) is 1.03. The van der Waals surface area contributed by atoms with Gasteiger partial charge in [-0.25, -0.2) is 9.59 Å². The number of hydrogen-bond donors (Lipinski definition) is 2. The van der Waals surface area contributed by atoms with E-state index in [2.05, 4.69) is 17.1 Å². The molecule has 2 rings (SSSR count). The Labute approximate surface area is 123 Å². The van der Waals surface area contributed by atoms with Gasteiger partial charge in [0.2, 0.25) is 0 Å². The van der Waals surface area contributed by atoms with Crippen LogP contribution in [0.25, 0.3) is 0 Å². The number of carboxylic acid groups (broad SMARTS) is 1. The van der Waals surface area contributed by atoms with Crippen molar-refractivity contribution < 1.29 is 14.7 Å². The molecule has 2 aliphatic rings. The molecule has 2 heterocycles. The van der Waals surface area contributed by atoms with Gasteiger partial charge in [0.25, 0.3) is 0 Å². The van der Waals surface area contributed by atoms with Crippen molar-refractivity contribution in [2.45, 2.75) is 38.3 Å². The number of carbonyl (C=O) groups excluding carboxylic acids is 1. The summed E-state index contributed by atoms with van der Waals surface area (Å²) in [6.07, 6.45) is 3.05. The third-order valence-electron chi connectivity index (χ3n) is 3.88. The topological polar surface area (TPSA) is 72.9 Å². The van der Waals surface area contributed by atoms with Gasteiger partial charge in [-0.1, -0.05) is 6.92 Å². The first-order valence-electron chi connectivity index (χ1n) is 7.22. The van der Waals surface area contributed by atoms with Crippen molar-refractivity contribution in [3.05, 3.63) is 0 Å². The minimum absolute atomic E-state index is 0.177. The lowest BCUT2D eigenvalue weighted by molar-refractivity contribution is -0.140. The smallest absolute Gasteiger partial charge is 0.327 e. The molecule has 0 unspecified atom stereocenters. The van der Waals surface area contributed by atoms with Gasteiger partial charge in [-0.3, -0.25) is 0 Å². The zero-order valence-electron chi connectivity index (χ0n) is 11.9. The maximum Gasteiger partial charge on any atom is 0.327 e. The average Bonchev–Trinajstić information content (AvgIpc) is 2.91. The van der Waals surface area contributed by atoms with Crippen LogP contribution >= 0.6 is 11.8 Å². The molecule has 1 atom stereocenters. The highest BCUT2D eigenvalue weighted by Gasteiger charge is 2.35. The lowest BCUT2D eigenvalue weighted by Gasteiger charge is -2.33. The molecule has 2 amide bonds. The van der Waals surface area contributed by atoms with Crippen LogP contribution in [0.4, 0.5) is 4.79 Å². The number of thioether (sulfide) groups is 1. The van der Waals surface area contributed by atoms with Gasteiger partial charge < -0.3 is 20.2 Å². The van der Waals surface area contributed by atoms with Crippen molar-refractivity contribution in [1.82, 2.24) is 15.1 Å². The number of hydrogen-bond acceptors (Lipinski definition) is 4. The van der Waals surface area contributed by atoms with Gasteiger partial charge in [-0.05, 0) is 25.8 Å². The first kappa shape index (κ1) is 15.4. The molecular weight excluding hydrogens is 278 g/mol. The first-order chi connectivity index (χ1) is 9.61. The molecule has 7 heteroatoms. The van der Waals surface area contributed by atoms with Crippen molar-refractivity contribution >= 4 is 23.8 Å². The molecule has 2 saturated heterocycles.